The number of benzene rings is 3. The Morgan fingerprint density at radius 1 is 1.16 bits per heavy atom. The Kier molecular flexibility index (Phi) is 8.10. The summed E-state index contributed by atoms with van der Waals surface area (Å²) in [5, 5.41) is 12.4. The Morgan fingerprint density at radius 2 is 1.91 bits per heavy atom. The first-order valence-electron chi connectivity index (χ1n) is 9.95. The first kappa shape index (κ1) is 24.0. The highest BCUT2D eigenvalue weighted by molar-refractivity contribution is 14.1. The van der Waals surface area contributed by atoms with Crippen LogP contribution in [-0.2, 0) is 11.4 Å². The molecule has 0 radical (unpaired) electrons. The lowest BCUT2D eigenvalue weighted by Gasteiger charge is -2.12. The van der Waals surface area contributed by atoms with E-state index in [1.54, 1.807) is 6.08 Å². The molecule has 4 nitrogen and oxygen atoms in total. The summed E-state index contributed by atoms with van der Waals surface area (Å²) in [4.78, 5) is 12.7. The molecular weight excluding hydrogens is 579 g/mol. The first-order chi connectivity index (χ1) is 15.3. The lowest BCUT2D eigenvalue weighted by Crippen LogP contribution is -2.14. The van der Waals surface area contributed by atoms with Gasteiger partial charge in [0.05, 0.1) is 8.04 Å². The number of amides is 1. The molecule has 0 unspecified atom stereocenters. The van der Waals surface area contributed by atoms with Crippen LogP contribution >= 0.6 is 38.5 Å². The van der Waals surface area contributed by atoms with Crippen LogP contribution in [0, 0.1) is 35.7 Å². The fourth-order valence-electron chi connectivity index (χ4n) is 3.15. The van der Waals surface area contributed by atoms with Crippen LogP contribution in [0.4, 0.5) is 5.69 Å². The number of rotatable bonds is 6. The molecule has 0 fully saturated rings. The number of nitrogens with zero attached hydrogens (tertiary/aromatic N) is 1. The highest BCUT2D eigenvalue weighted by Crippen LogP contribution is 2.33. The molecule has 3 aromatic rings. The summed E-state index contributed by atoms with van der Waals surface area (Å²) in [7, 11) is 0. The van der Waals surface area contributed by atoms with Crippen LogP contribution in [0.1, 0.15) is 27.8 Å². The molecule has 0 aliphatic heterocycles. The number of anilines is 1. The first-order valence-corrected chi connectivity index (χ1v) is 11.8. The Bertz CT molecular complexity index is 1220. The van der Waals surface area contributed by atoms with Crippen molar-refractivity contribution in [3.8, 4) is 11.8 Å². The zero-order chi connectivity index (χ0) is 23.3. The molecule has 1 amide bonds. The van der Waals surface area contributed by atoms with Gasteiger partial charge in [-0.15, -0.1) is 0 Å². The Balaban J connectivity index is 1.79. The molecule has 3 rings (SSSR count). The standard InChI is InChI=1S/C26H22BrIN2O2/c1-16-6-4-8-19(10-16)15-32-25-22(27)12-20(13-23(25)28)11-21(14-29)26(31)30-24-9-5-7-17(2)18(24)3/h4-13H,15H2,1-3H3,(H,30,31)/b21-11+. The number of nitriles is 1. The third-order valence-corrected chi connectivity index (χ3v) is 6.41. The van der Waals surface area contributed by atoms with Crippen molar-refractivity contribution >= 4 is 56.2 Å². The van der Waals surface area contributed by atoms with E-state index in [1.807, 2.05) is 75.4 Å². The van der Waals surface area contributed by atoms with Crippen molar-refractivity contribution in [1.29, 1.82) is 5.26 Å². The van der Waals surface area contributed by atoms with Crippen molar-refractivity contribution in [3.05, 3.63) is 96.0 Å². The molecule has 6 heteroatoms. The minimum atomic E-state index is -0.438. The molecule has 0 bridgehead atoms. The van der Waals surface area contributed by atoms with Crippen molar-refractivity contribution in [3.63, 3.8) is 0 Å². The predicted octanol–water partition coefficient (Wildman–Crippen LogP) is 7.10. The molecule has 0 saturated carbocycles. The van der Waals surface area contributed by atoms with Crippen LogP contribution in [-0.4, -0.2) is 5.91 Å². The van der Waals surface area contributed by atoms with E-state index in [9.17, 15) is 10.1 Å². The van der Waals surface area contributed by atoms with Gasteiger partial charge in [0.2, 0.25) is 0 Å². The van der Waals surface area contributed by atoms with Crippen LogP contribution in [0.3, 0.4) is 0 Å². The Morgan fingerprint density at radius 3 is 2.59 bits per heavy atom. The van der Waals surface area contributed by atoms with Gasteiger partial charge >= 0.3 is 0 Å². The van der Waals surface area contributed by atoms with Crippen molar-refractivity contribution < 1.29 is 9.53 Å². The second kappa shape index (κ2) is 10.8. The summed E-state index contributed by atoms with van der Waals surface area (Å²) >= 11 is 5.76. The van der Waals surface area contributed by atoms with E-state index in [-0.39, 0.29) is 5.57 Å². The number of nitrogens with one attached hydrogen (secondary N) is 1. The van der Waals surface area contributed by atoms with Gasteiger partial charge in [-0.2, -0.15) is 5.26 Å². The van der Waals surface area contributed by atoms with Gasteiger partial charge < -0.3 is 10.1 Å². The van der Waals surface area contributed by atoms with Gasteiger partial charge in [0.25, 0.3) is 5.91 Å². The maximum Gasteiger partial charge on any atom is 0.266 e. The minimum absolute atomic E-state index is 0.0297. The summed E-state index contributed by atoms with van der Waals surface area (Å²) in [5.41, 5.74) is 5.79. The van der Waals surface area contributed by atoms with Crippen molar-refractivity contribution in [2.45, 2.75) is 27.4 Å². The molecule has 1 N–H and O–H groups in total. The van der Waals surface area contributed by atoms with Crippen LogP contribution in [0.2, 0.25) is 0 Å². The van der Waals surface area contributed by atoms with Crippen molar-refractivity contribution in [1.82, 2.24) is 0 Å². The fraction of sp³-hybridized carbons (Fsp3) is 0.154. The average molecular weight is 601 g/mol. The molecular formula is C26H22BrIN2O2. The van der Waals surface area contributed by atoms with E-state index in [0.717, 1.165) is 36.0 Å². The van der Waals surface area contributed by atoms with Crippen LogP contribution in [0.15, 0.2) is 64.6 Å². The number of halogens is 2. The molecule has 3 aromatic carbocycles. The zero-order valence-electron chi connectivity index (χ0n) is 18.0. The number of carbonyl (C=O) groups excluding carboxylic acids is 1. The summed E-state index contributed by atoms with van der Waals surface area (Å²) in [5.74, 6) is 0.287. The number of hydrogen-bond acceptors (Lipinski definition) is 3. The Hall–Kier alpha value is -2.63. The zero-order valence-corrected chi connectivity index (χ0v) is 21.7. The van der Waals surface area contributed by atoms with E-state index >= 15 is 0 Å². The summed E-state index contributed by atoms with van der Waals surface area (Å²) in [6.07, 6.45) is 1.58. The highest BCUT2D eigenvalue weighted by atomic mass is 127. The van der Waals surface area contributed by atoms with Crippen LogP contribution in [0.5, 0.6) is 5.75 Å². The minimum Gasteiger partial charge on any atom is -0.487 e. The van der Waals surface area contributed by atoms with Gasteiger partial charge in [0, 0.05) is 5.69 Å². The summed E-state index contributed by atoms with van der Waals surface area (Å²) in [6.45, 7) is 6.42. The van der Waals surface area contributed by atoms with E-state index < -0.39 is 5.91 Å². The molecule has 0 spiro atoms. The summed E-state index contributed by atoms with van der Waals surface area (Å²) in [6, 6.07) is 19.6. The predicted molar refractivity (Wildman–Crippen MR) is 141 cm³/mol. The number of aryl methyl sites for hydroxylation is 2. The molecule has 0 heterocycles. The van der Waals surface area contributed by atoms with Crippen molar-refractivity contribution in [2.75, 3.05) is 5.32 Å². The second-order valence-electron chi connectivity index (χ2n) is 7.46. The van der Waals surface area contributed by atoms with Gasteiger partial charge in [-0.25, -0.2) is 0 Å². The third kappa shape index (κ3) is 5.99. The molecule has 0 aliphatic carbocycles. The second-order valence-corrected chi connectivity index (χ2v) is 9.48. The third-order valence-electron chi connectivity index (χ3n) is 5.02. The largest absolute Gasteiger partial charge is 0.487 e. The van der Waals surface area contributed by atoms with E-state index in [0.29, 0.717) is 12.3 Å². The average Bonchev–Trinajstić information content (AvgIpc) is 2.74. The number of carbonyl (C=O) groups is 1. The quantitative estimate of drug-likeness (QED) is 0.186. The van der Waals surface area contributed by atoms with E-state index in [2.05, 4.69) is 49.9 Å². The number of hydrogen-bond donors (Lipinski definition) is 1. The van der Waals surface area contributed by atoms with E-state index in [1.165, 1.54) is 5.56 Å². The topological polar surface area (TPSA) is 62.1 Å². The summed E-state index contributed by atoms with van der Waals surface area (Å²) < 4.78 is 7.66. The van der Waals surface area contributed by atoms with Gasteiger partial charge in [-0.1, -0.05) is 42.0 Å². The highest BCUT2D eigenvalue weighted by Gasteiger charge is 2.14. The smallest absolute Gasteiger partial charge is 0.266 e. The van der Waals surface area contributed by atoms with Gasteiger partial charge in [-0.05, 0) is 106 Å². The molecule has 0 atom stereocenters. The SMILES string of the molecule is Cc1cccc(COc2c(Br)cc(/C=C(\C#N)C(=O)Nc3cccc(C)c3C)cc2I)c1. The van der Waals surface area contributed by atoms with Gasteiger partial charge in [-0.3, -0.25) is 4.79 Å². The van der Waals surface area contributed by atoms with Crippen LogP contribution in [0.25, 0.3) is 6.08 Å². The maximum atomic E-state index is 12.7. The molecule has 0 saturated heterocycles. The van der Waals surface area contributed by atoms with Gasteiger partial charge in [0.1, 0.15) is 24.0 Å². The fourth-order valence-corrected chi connectivity index (χ4v) is 4.92. The lowest BCUT2D eigenvalue weighted by molar-refractivity contribution is -0.112. The van der Waals surface area contributed by atoms with Gasteiger partial charge in [0.15, 0.2) is 0 Å². The molecule has 0 aliphatic rings. The Labute approximate surface area is 210 Å². The molecule has 162 valence electrons. The normalized spacial score (nSPS) is 11.1. The molecule has 0 aromatic heterocycles. The van der Waals surface area contributed by atoms with Crippen molar-refractivity contribution in [2.24, 2.45) is 0 Å². The van der Waals surface area contributed by atoms with Crippen LogP contribution < -0.4 is 10.1 Å². The van der Waals surface area contributed by atoms with E-state index in [4.69, 9.17) is 4.74 Å². The maximum absolute atomic E-state index is 12.7. The molecule has 32 heavy (non-hydrogen) atoms. The monoisotopic (exact) mass is 600 g/mol. The number of ether oxygens (including phenoxy) is 1. The lowest BCUT2D eigenvalue weighted by atomic mass is 10.1.